The Morgan fingerprint density at radius 3 is 2.75 bits per heavy atom. The smallest absolute Gasteiger partial charge is 0.152 e. The fourth-order valence-electron chi connectivity index (χ4n) is 2.59. The maximum Gasteiger partial charge on any atom is 0.152 e. The van der Waals surface area contributed by atoms with Crippen LogP contribution in [0.15, 0.2) is 0 Å². The van der Waals surface area contributed by atoms with Crippen LogP contribution in [0.1, 0.15) is 25.7 Å². The minimum atomic E-state index is -3.06. The first-order valence-corrected chi connectivity index (χ1v) is 7.66. The largest absolute Gasteiger partial charge is 0.396 e. The quantitative estimate of drug-likeness (QED) is 0.540. The summed E-state index contributed by atoms with van der Waals surface area (Å²) in [5.74, 6) is 0. The number of rotatable bonds is 6. The molecule has 0 aromatic rings. The minimum Gasteiger partial charge on any atom is -0.396 e. The van der Waals surface area contributed by atoms with Gasteiger partial charge in [0.1, 0.15) is 0 Å². The molecule has 6 heteroatoms. The molecule has 5 nitrogen and oxygen atoms in total. The van der Waals surface area contributed by atoms with Crippen molar-refractivity contribution in [3.05, 3.63) is 0 Å². The zero-order valence-corrected chi connectivity index (χ0v) is 10.6. The lowest BCUT2D eigenvalue weighted by Gasteiger charge is -2.34. The molecule has 0 heterocycles. The Labute approximate surface area is 97.3 Å². The standard InChI is InChI=1S/C10H22N2O3S/c1-16(14,15)9-4-2-5-10(9,8-11)12-6-3-7-13/h9,12-13H,2-8,11H2,1H3. The summed E-state index contributed by atoms with van der Waals surface area (Å²) in [6.45, 7) is 1.05. The molecule has 0 spiro atoms. The van der Waals surface area contributed by atoms with Gasteiger partial charge in [-0.1, -0.05) is 6.42 Å². The molecule has 0 bridgehead atoms. The van der Waals surface area contributed by atoms with Crippen LogP contribution in [-0.2, 0) is 9.84 Å². The van der Waals surface area contributed by atoms with Crippen molar-refractivity contribution in [2.24, 2.45) is 5.73 Å². The first kappa shape index (κ1) is 13.9. The molecule has 16 heavy (non-hydrogen) atoms. The summed E-state index contributed by atoms with van der Waals surface area (Å²) < 4.78 is 23.4. The summed E-state index contributed by atoms with van der Waals surface area (Å²) in [5.41, 5.74) is 5.27. The van der Waals surface area contributed by atoms with E-state index in [2.05, 4.69) is 5.32 Å². The van der Waals surface area contributed by atoms with Crippen LogP contribution in [0.25, 0.3) is 0 Å². The highest BCUT2D eigenvalue weighted by atomic mass is 32.2. The van der Waals surface area contributed by atoms with Crippen molar-refractivity contribution in [2.45, 2.75) is 36.5 Å². The van der Waals surface area contributed by atoms with E-state index < -0.39 is 15.4 Å². The molecule has 1 aliphatic carbocycles. The Morgan fingerprint density at radius 1 is 1.56 bits per heavy atom. The second-order valence-electron chi connectivity index (χ2n) is 4.57. The zero-order chi connectivity index (χ0) is 12.2. The first-order valence-electron chi connectivity index (χ1n) is 5.71. The first-order chi connectivity index (χ1) is 7.46. The van der Waals surface area contributed by atoms with E-state index in [9.17, 15) is 8.42 Å². The third kappa shape index (κ3) is 2.94. The van der Waals surface area contributed by atoms with Crippen molar-refractivity contribution in [1.82, 2.24) is 5.32 Å². The molecular weight excluding hydrogens is 228 g/mol. The van der Waals surface area contributed by atoms with Crippen LogP contribution in [0.4, 0.5) is 0 Å². The summed E-state index contributed by atoms with van der Waals surface area (Å²) >= 11 is 0. The van der Waals surface area contributed by atoms with E-state index in [1.165, 1.54) is 6.26 Å². The number of hydrogen-bond acceptors (Lipinski definition) is 5. The van der Waals surface area contributed by atoms with Crippen molar-refractivity contribution in [3.63, 3.8) is 0 Å². The van der Waals surface area contributed by atoms with Gasteiger partial charge in [-0.25, -0.2) is 8.42 Å². The topological polar surface area (TPSA) is 92.4 Å². The van der Waals surface area contributed by atoms with Crippen molar-refractivity contribution >= 4 is 9.84 Å². The predicted molar refractivity (Wildman–Crippen MR) is 64.0 cm³/mol. The highest BCUT2D eigenvalue weighted by Crippen LogP contribution is 2.34. The SMILES string of the molecule is CS(=O)(=O)C1CCCC1(CN)NCCCO. The van der Waals surface area contributed by atoms with Gasteiger partial charge < -0.3 is 16.2 Å². The summed E-state index contributed by atoms with van der Waals surface area (Å²) in [5, 5.41) is 11.6. The van der Waals surface area contributed by atoms with Gasteiger partial charge in [-0.3, -0.25) is 0 Å². The van der Waals surface area contributed by atoms with Gasteiger partial charge in [-0.15, -0.1) is 0 Å². The van der Waals surface area contributed by atoms with Gasteiger partial charge in [-0.2, -0.15) is 0 Å². The van der Waals surface area contributed by atoms with E-state index >= 15 is 0 Å². The molecule has 1 fully saturated rings. The Bertz CT molecular complexity index is 318. The molecule has 1 rings (SSSR count). The summed E-state index contributed by atoms with van der Waals surface area (Å²) in [6, 6.07) is 0. The zero-order valence-electron chi connectivity index (χ0n) is 9.78. The van der Waals surface area contributed by atoms with Gasteiger partial charge >= 0.3 is 0 Å². The predicted octanol–water partition coefficient (Wildman–Crippen LogP) is -0.747. The number of nitrogens with two attached hydrogens (primary N) is 1. The lowest BCUT2D eigenvalue weighted by Crippen LogP contribution is -2.58. The lowest BCUT2D eigenvalue weighted by atomic mass is 9.97. The second-order valence-corrected chi connectivity index (χ2v) is 6.80. The van der Waals surface area contributed by atoms with E-state index in [-0.39, 0.29) is 11.9 Å². The van der Waals surface area contributed by atoms with E-state index in [4.69, 9.17) is 10.8 Å². The maximum absolute atomic E-state index is 11.7. The maximum atomic E-state index is 11.7. The number of aliphatic hydroxyl groups is 1. The average Bonchev–Trinajstić information content (AvgIpc) is 2.62. The van der Waals surface area contributed by atoms with Crippen LogP contribution in [-0.4, -0.2) is 50.3 Å². The molecule has 0 saturated heterocycles. The normalized spacial score (nSPS) is 30.8. The number of hydrogen-bond donors (Lipinski definition) is 3. The Kier molecular flexibility index (Phi) is 4.73. The molecule has 4 N–H and O–H groups in total. The second kappa shape index (κ2) is 5.44. The van der Waals surface area contributed by atoms with Gasteiger partial charge in [0.25, 0.3) is 0 Å². The summed E-state index contributed by atoms with van der Waals surface area (Å²) in [6.07, 6.45) is 4.27. The number of nitrogens with one attached hydrogen (secondary N) is 1. The van der Waals surface area contributed by atoms with E-state index in [0.717, 1.165) is 12.8 Å². The van der Waals surface area contributed by atoms with E-state index in [1.54, 1.807) is 0 Å². The molecule has 2 atom stereocenters. The average molecular weight is 250 g/mol. The number of aliphatic hydroxyl groups excluding tert-OH is 1. The van der Waals surface area contributed by atoms with Gasteiger partial charge in [0.15, 0.2) is 9.84 Å². The Morgan fingerprint density at radius 2 is 2.25 bits per heavy atom. The monoisotopic (exact) mass is 250 g/mol. The van der Waals surface area contributed by atoms with E-state index in [1.807, 2.05) is 0 Å². The van der Waals surface area contributed by atoms with Crippen molar-refractivity contribution in [2.75, 3.05) is 26.0 Å². The van der Waals surface area contributed by atoms with Crippen LogP contribution in [0.3, 0.4) is 0 Å². The van der Waals surface area contributed by atoms with Gasteiger partial charge in [-0.05, 0) is 25.8 Å². The summed E-state index contributed by atoms with van der Waals surface area (Å²) in [4.78, 5) is 0. The van der Waals surface area contributed by atoms with Crippen LogP contribution >= 0.6 is 0 Å². The molecule has 1 saturated carbocycles. The molecule has 0 aromatic carbocycles. The van der Waals surface area contributed by atoms with Crippen LogP contribution in [0.2, 0.25) is 0 Å². The molecule has 0 aliphatic heterocycles. The van der Waals surface area contributed by atoms with Gasteiger partial charge in [0, 0.05) is 24.9 Å². The minimum absolute atomic E-state index is 0.108. The molecular formula is C10H22N2O3S. The Balaban J connectivity index is 2.76. The van der Waals surface area contributed by atoms with Crippen LogP contribution in [0.5, 0.6) is 0 Å². The molecule has 0 aromatic heterocycles. The van der Waals surface area contributed by atoms with E-state index in [0.29, 0.717) is 25.9 Å². The molecule has 0 amide bonds. The van der Waals surface area contributed by atoms with Crippen molar-refractivity contribution in [3.8, 4) is 0 Å². The van der Waals surface area contributed by atoms with Crippen molar-refractivity contribution in [1.29, 1.82) is 0 Å². The molecule has 1 aliphatic rings. The summed E-state index contributed by atoms with van der Waals surface area (Å²) in [7, 11) is -3.06. The Hall–Kier alpha value is -0.170. The highest BCUT2D eigenvalue weighted by molar-refractivity contribution is 7.91. The third-order valence-corrected chi connectivity index (χ3v) is 5.12. The van der Waals surface area contributed by atoms with Crippen molar-refractivity contribution < 1.29 is 13.5 Å². The van der Waals surface area contributed by atoms with Crippen LogP contribution in [0, 0.1) is 0 Å². The fourth-order valence-corrected chi connectivity index (χ4v) is 4.30. The molecule has 96 valence electrons. The van der Waals surface area contributed by atoms with Gasteiger partial charge in [0.05, 0.1) is 5.25 Å². The highest BCUT2D eigenvalue weighted by Gasteiger charge is 2.46. The van der Waals surface area contributed by atoms with Crippen LogP contribution < -0.4 is 11.1 Å². The molecule has 0 radical (unpaired) electrons. The lowest BCUT2D eigenvalue weighted by molar-refractivity contribution is 0.268. The molecule has 2 unspecified atom stereocenters. The van der Waals surface area contributed by atoms with Gasteiger partial charge in [0.2, 0.25) is 0 Å². The third-order valence-electron chi connectivity index (χ3n) is 3.40. The number of sulfone groups is 1. The fraction of sp³-hybridized carbons (Fsp3) is 1.00.